The highest BCUT2D eigenvalue weighted by Crippen LogP contribution is 2.47. The third kappa shape index (κ3) is 5.55. The van der Waals surface area contributed by atoms with Crippen LogP contribution in [0.1, 0.15) is 56.9 Å². The van der Waals surface area contributed by atoms with E-state index in [2.05, 4.69) is 0 Å². The second kappa shape index (κ2) is 10.5. The van der Waals surface area contributed by atoms with Gasteiger partial charge in [-0.2, -0.15) is 0 Å². The Kier molecular flexibility index (Phi) is 7.47. The summed E-state index contributed by atoms with van der Waals surface area (Å²) in [4.78, 5) is 38.4. The van der Waals surface area contributed by atoms with Crippen LogP contribution in [0.3, 0.4) is 0 Å². The number of likely N-dealkylation sites (tertiary alicyclic amines) is 1. The van der Waals surface area contributed by atoms with Crippen LogP contribution in [0.25, 0.3) is 11.1 Å². The second-order valence-electron chi connectivity index (χ2n) is 9.90. The smallest absolute Gasteiger partial charge is 0.309 e. The van der Waals surface area contributed by atoms with Gasteiger partial charge in [0.15, 0.2) is 0 Å². The number of aryl methyl sites for hydroxylation is 1. The van der Waals surface area contributed by atoms with E-state index < -0.39 is 18.0 Å². The number of benzene rings is 2. The minimum Gasteiger partial charge on any atom is -0.481 e. The molecule has 180 valence electrons. The van der Waals surface area contributed by atoms with Crippen molar-refractivity contribution in [3.05, 3.63) is 60.2 Å². The number of piperidine rings is 1. The molecule has 6 heteroatoms. The Balaban J connectivity index is 1.30. The molecule has 0 bridgehead atoms. The number of aliphatic hydroxyl groups excluding tert-OH is 1. The lowest BCUT2D eigenvalue weighted by molar-refractivity contribution is -0.156. The molecule has 1 heterocycles. The number of rotatable bonds is 9. The number of hydrogen-bond acceptors (Lipinski definition) is 4. The van der Waals surface area contributed by atoms with E-state index in [4.69, 9.17) is 0 Å². The van der Waals surface area contributed by atoms with Gasteiger partial charge >= 0.3 is 5.97 Å². The van der Waals surface area contributed by atoms with Crippen molar-refractivity contribution in [2.75, 3.05) is 6.54 Å². The van der Waals surface area contributed by atoms with Gasteiger partial charge in [-0.25, -0.2) is 0 Å². The molecule has 1 aliphatic carbocycles. The fourth-order valence-electron chi connectivity index (χ4n) is 5.52. The van der Waals surface area contributed by atoms with Crippen LogP contribution in [-0.2, 0) is 20.8 Å². The topological polar surface area (TPSA) is 94.9 Å². The Morgan fingerprint density at radius 2 is 1.47 bits per heavy atom. The molecule has 2 atom stereocenters. The lowest BCUT2D eigenvalue weighted by atomic mass is 9.76. The number of imide groups is 1. The summed E-state index contributed by atoms with van der Waals surface area (Å²) in [6.45, 7) is 0.0492. The second-order valence-corrected chi connectivity index (χ2v) is 9.90. The molecule has 1 aliphatic heterocycles. The lowest BCUT2D eigenvalue weighted by Gasteiger charge is -2.37. The number of nitrogens with zero attached hydrogens (tertiary/aromatic N) is 1. The van der Waals surface area contributed by atoms with Crippen LogP contribution in [0, 0.1) is 11.3 Å². The quantitative estimate of drug-likeness (QED) is 0.536. The summed E-state index contributed by atoms with van der Waals surface area (Å²) in [5.74, 6) is -2.52. The van der Waals surface area contributed by atoms with Crippen molar-refractivity contribution in [3.8, 4) is 11.1 Å². The molecule has 1 spiro atoms. The summed E-state index contributed by atoms with van der Waals surface area (Å²) >= 11 is 0. The predicted molar refractivity (Wildman–Crippen MR) is 129 cm³/mol. The van der Waals surface area contributed by atoms with E-state index in [0.717, 1.165) is 42.4 Å². The number of carboxylic acids is 1. The highest BCUT2D eigenvalue weighted by molar-refractivity contribution is 5.98. The van der Waals surface area contributed by atoms with Gasteiger partial charge < -0.3 is 10.2 Å². The van der Waals surface area contributed by atoms with Gasteiger partial charge in [-0.1, -0.05) is 67.4 Å². The van der Waals surface area contributed by atoms with E-state index in [1.807, 2.05) is 54.6 Å². The first-order chi connectivity index (χ1) is 16.4. The zero-order valence-electron chi connectivity index (χ0n) is 19.5. The van der Waals surface area contributed by atoms with Crippen LogP contribution < -0.4 is 0 Å². The molecule has 0 radical (unpaired) electrons. The summed E-state index contributed by atoms with van der Waals surface area (Å²) in [6, 6.07) is 18.1. The first-order valence-corrected chi connectivity index (χ1v) is 12.3. The van der Waals surface area contributed by atoms with Crippen LogP contribution in [0.5, 0.6) is 0 Å². The van der Waals surface area contributed by atoms with Gasteiger partial charge in [0.1, 0.15) is 0 Å². The summed E-state index contributed by atoms with van der Waals surface area (Å²) in [6.07, 6.45) is 4.55. The van der Waals surface area contributed by atoms with E-state index in [9.17, 15) is 24.6 Å². The third-order valence-electron chi connectivity index (χ3n) is 7.55. The molecule has 2 N–H and O–H groups in total. The molecule has 2 fully saturated rings. The van der Waals surface area contributed by atoms with Gasteiger partial charge in [-0.15, -0.1) is 0 Å². The average Bonchev–Trinajstić information content (AvgIpc) is 3.27. The van der Waals surface area contributed by atoms with Crippen molar-refractivity contribution >= 4 is 17.8 Å². The molecule has 2 aliphatic rings. The number of aliphatic carboxylic acids is 1. The molecule has 2 aromatic carbocycles. The number of amides is 2. The van der Waals surface area contributed by atoms with E-state index in [-0.39, 0.29) is 30.2 Å². The standard InChI is InChI=1S/C28H33NO5/c30-24(13-10-20-8-11-22(12-9-20)21-6-2-1-3-7-21)23(27(33)34)14-17-29-25(31)18-28(19-26(29)32)15-4-5-16-28/h1-3,6-9,11-12,23-24,30H,4-5,10,13-19H2,(H,33,34). The van der Waals surface area contributed by atoms with Crippen LogP contribution in [0.2, 0.25) is 0 Å². The number of carbonyl (C=O) groups excluding carboxylic acids is 2. The molecule has 6 nitrogen and oxygen atoms in total. The maximum Gasteiger partial charge on any atom is 0.309 e. The van der Waals surface area contributed by atoms with Gasteiger partial charge in [0, 0.05) is 19.4 Å². The summed E-state index contributed by atoms with van der Waals surface area (Å²) in [5.41, 5.74) is 3.07. The van der Waals surface area contributed by atoms with Crippen molar-refractivity contribution in [2.45, 2.75) is 63.9 Å². The van der Waals surface area contributed by atoms with Crippen LogP contribution >= 0.6 is 0 Å². The van der Waals surface area contributed by atoms with Crippen molar-refractivity contribution in [2.24, 2.45) is 11.3 Å². The van der Waals surface area contributed by atoms with Crippen LogP contribution in [0.15, 0.2) is 54.6 Å². The molecule has 2 amide bonds. The van der Waals surface area contributed by atoms with E-state index in [1.54, 1.807) is 0 Å². The first kappa shape index (κ1) is 24.1. The number of carboxylic acid groups (broad SMARTS) is 1. The van der Waals surface area contributed by atoms with E-state index in [1.165, 1.54) is 4.90 Å². The van der Waals surface area contributed by atoms with Crippen molar-refractivity contribution < 1.29 is 24.6 Å². The molecule has 34 heavy (non-hydrogen) atoms. The molecule has 1 saturated heterocycles. The fraction of sp³-hybridized carbons (Fsp3) is 0.464. The Bertz CT molecular complexity index is 991. The summed E-state index contributed by atoms with van der Waals surface area (Å²) in [7, 11) is 0. The predicted octanol–water partition coefficient (Wildman–Crippen LogP) is 4.45. The Morgan fingerprint density at radius 1 is 0.882 bits per heavy atom. The Hall–Kier alpha value is -2.99. The van der Waals surface area contributed by atoms with Gasteiger partial charge in [-0.05, 0) is 54.2 Å². The van der Waals surface area contributed by atoms with Crippen LogP contribution in [0.4, 0.5) is 0 Å². The fourth-order valence-corrected chi connectivity index (χ4v) is 5.52. The number of aliphatic hydroxyl groups is 1. The monoisotopic (exact) mass is 463 g/mol. The van der Waals surface area contributed by atoms with Gasteiger partial charge in [0.25, 0.3) is 0 Å². The minimum atomic E-state index is -1.10. The molecule has 0 aromatic heterocycles. The maximum atomic E-state index is 12.7. The van der Waals surface area contributed by atoms with Crippen molar-refractivity contribution in [3.63, 3.8) is 0 Å². The average molecular weight is 464 g/mol. The molecular weight excluding hydrogens is 430 g/mol. The molecular formula is C28H33NO5. The zero-order chi connectivity index (χ0) is 24.1. The van der Waals surface area contributed by atoms with E-state index in [0.29, 0.717) is 25.7 Å². The lowest BCUT2D eigenvalue weighted by Crippen LogP contribution is -2.48. The van der Waals surface area contributed by atoms with Crippen molar-refractivity contribution in [1.82, 2.24) is 4.90 Å². The van der Waals surface area contributed by atoms with Crippen LogP contribution in [-0.4, -0.2) is 45.5 Å². The molecule has 2 aromatic rings. The highest BCUT2D eigenvalue weighted by Gasteiger charge is 2.45. The maximum absolute atomic E-state index is 12.7. The largest absolute Gasteiger partial charge is 0.481 e. The van der Waals surface area contributed by atoms with Crippen molar-refractivity contribution in [1.29, 1.82) is 0 Å². The Labute approximate surface area is 200 Å². The first-order valence-electron chi connectivity index (χ1n) is 12.3. The van der Waals surface area contributed by atoms with Gasteiger partial charge in [-0.3, -0.25) is 19.3 Å². The number of hydrogen-bond donors (Lipinski definition) is 2. The SMILES string of the molecule is O=C(O)C(CCN1C(=O)CC2(CCCC2)CC1=O)C(O)CCc1ccc(-c2ccccc2)cc1. The normalized spacial score (nSPS) is 19.4. The number of carbonyl (C=O) groups is 3. The minimum absolute atomic E-state index is 0.0492. The summed E-state index contributed by atoms with van der Waals surface area (Å²) < 4.78 is 0. The van der Waals surface area contributed by atoms with E-state index >= 15 is 0 Å². The third-order valence-corrected chi connectivity index (χ3v) is 7.55. The van der Waals surface area contributed by atoms with Gasteiger partial charge in [0.05, 0.1) is 12.0 Å². The zero-order valence-corrected chi connectivity index (χ0v) is 19.5. The molecule has 1 saturated carbocycles. The highest BCUT2D eigenvalue weighted by atomic mass is 16.4. The van der Waals surface area contributed by atoms with Gasteiger partial charge in [0.2, 0.25) is 11.8 Å². The molecule has 2 unspecified atom stereocenters. The summed E-state index contributed by atoms with van der Waals surface area (Å²) in [5, 5.41) is 20.3. The molecule has 4 rings (SSSR count). The Morgan fingerprint density at radius 3 is 2.06 bits per heavy atom.